The molecule has 2 aliphatic rings. The fourth-order valence-electron chi connectivity index (χ4n) is 3.57. The van der Waals surface area contributed by atoms with Gasteiger partial charge in [0.25, 0.3) is 10.0 Å². The van der Waals surface area contributed by atoms with Crippen LogP contribution in [-0.2, 0) is 10.0 Å². The second kappa shape index (κ2) is 8.52. The van der Waals surface area contributed by atoms with Crippen LogP contribution in [0.5, 0.6) is 0 Å². The Kier molecular flexibility index (Phi) is 6.26. The number of sulfonamides is 1. The van der Waals surface area contributed by atoms with Gasteiger partial charge in [0.2, 0.25) is 0 Å². The Morgan fingerprint density at radius 1 is 1.28 bits per heavy atom. The molecule has 29 heavy (non-hydrogen) atoms. The molecule has 1 aromatic carbocycles. The highest BCUT2D eigenvalue weighted by atomic mass is 32.2. The molecule has 0 bridgehead atoms. The van der Waals surface area contributed by atoms with Gasteiger partial charge in [0.1, 0.15) is 16.6 Å². The number of carbonyl (C=O) groups excluding carboxylic acids is 1. The maximum absolute atomic E-state index is 13.2. The molecule has 0 saturated carbocycles. The zero-order valence-corrected chi connectivity index (χ0v) is 17.7. The van der Waals surface area contributed by atoms with Gasteiger partial charge in [-0.2, -0.15) is 8.42 Å². The number of amides is 2. The minimum atomic E-state index is -3.83. The molecule has 7 nitrogen and oxygen atoms in total. The van der Waals surface area contributed by atoms with Gasteiger partial charge < -0.3 is 15.5 Å². The van der Waals surface area contributed by atoms with Crippen LogP contribution >= 0.6 is 0 Å². The van der Waals surface area contributed by atoms with Crippen LogP contribution in [0.4, 0.5) is 9.18 Å². The summed E-state index contributed by atoms with van der Waals surface area (Å²) in [5, 5.41) is 5.87. The predicted octanol–water partition coefficient (Wildman–Crippen LogP) is 2.86. The van der Waals surface area contributed by atoms with E-state index >= 15 is 0 Å². The Labute approximate surface area is 171 Å². The van der Waals surface area contributed by atoms with Crippen LogP contribution in [0, 0.1) is 5.82 Å². The van der Waals surface area contributed by atoms with E-state index in [9.17, 15) is 17.6 Å². The number of hydrogen-bond donors (Lipinski definition) is 2. The Bertz CT molecular complexity index is 933. The van der Waals surface area contributed by atoms with Gasteiger partial charge in [0.05, 0.1) is 0 Å². The fourth-order valence-corrected chi connectivity index (χ4v) is 5.06. The number of carbonyl (C=O) groups is 1. The van der Waals surface area contributed by atoms with Crippen LogP contribution in [0.2, 0.25) is 0 Å². The monoisotopic (exact) mass is 422 g/mol. The first kappa shape index (κ1) is 21.3. The van der Waals surface area contributed by atoms with Crippen molar-refractivity contribution in [3.05, 3.63) is 41.2 Å². The summed E-state index contributed by atoms with van der Waals surface area (Å²) in [6.45, 7) is 6.88. The van der Waals surface area contributed by atoms with Gasteiger partial charge >= 0.3 is 6.03 Å². The Hall–Kier alpha value is -2.42. The molecule has 1 atom stereocenters. The van der Waals surface area contributed by atoms with Gasteiger partial charge in [-0.3, -0.25) is 0 Å². The summed E-state index contributed by atoms with van der Waals surface area (Å²) in [5.41, 5.74) is 0.999. The maximum atomic E-state index is 13.2. The largest absolute Gasteiger partial charge is 0.356 e. The van der Waals surface area contributed by atoms with Crippen LogP contribution in [0.15, 0.2) is 34.2 Å². The predicted molar refractivity (Wildman–Crippen MR) is 111 cm³/mol. The smallest absolute Gasteiger partial charge is 0.315 e. The van der Waals surface area contributed by atoms with Gasteiger partial charge in [0.15, 0.2) is 0 Å². The van der Waals surface area contributed by atoms with Crippen molar-refractivity contribution in [3.8, 4) is 0 Å². The van der Waals surface area contributed by atoms with Crippen molar-refractivity contribution in [1.82, 2.24) is 15.5 Å². The van der Waals surface area contributed by atoms with Crippen LogP contribution in [0.3, 0.4) is 0 Å². The van der Waals surface area contributed by atoms with Crippen molar-refractivity contribution >= 4 is 26.8 Å². The summed E-state index contributed by atoms with van der Waals surface area (Å²) in [6.07, 6.45) is 2.26. The number of urea groups is 1. The lowest BCUT2D eigenvalue weighted by Gasteiger charge is -2.34. The van der Waals surface area contributed by atoms with Crippen molar-refractivity contribution in [2.24, 2.45) is 4.40 Å². The van der Waals surface area contributed by atoms with E-state index in [0.717, 1.165) is 6.42 Å². The Morgan fingerprint density at radius 2 is 1.90 bits per heavy atom. The second-order valence-corrected chi connectivity index (χ2v) is 9.08. The molecular weight excluding hydrogens is 395 g/mol. The molecule has 9 heteroatoms. The molecule has 0 unspecified atom stereocenters. The summed E-state index contributed by atoms with van der Waals surface area (Å²) < 4.78 is 42.4. The summed E-state index contributed by atoms with van der Waals surface area (Å²) in [5.74, 6) is 0.0160. The molecule has 3 rings (SSSR count). The second-order valence-electron chi connectivity index (χ2n) is 7.54. The molecule has 1 aromatic rings. The van der Waals surface area contributed by atoms with E-state index in [-0.39, 0.29) is 23.0 Å². The first-order valence-electron chi connectivity index (χ1n) is 9.85. The number of benzene rings is 1. The summed E-state index contributed by atoms with van der Waals surface area (Å²) >= 11 is 0. The van der Waals surface area contributed by atoms with Crippen LogP contribution in [0.25, 0.3) is 4.91 Å². The lowest BCUT2D eigenvalue weighted by molar-refractivity contribution is 0.223. The fraction of sp³-hybridized carbons (Fsp3) is 0.500. The highest BCUT2D eigenvalue weighted by Gasteiger charge is 2.35. The number of nitrogens with one attached hydrogen (secondary N) is 2. The van der Waals surface area contributed by atoms with E-state index in [1.807, 2.05) is 18.7 Å². The van der Waals surface area contributed by atoms with Crippen LogP contribution in [0.1, 0.15) is 45.6 Å². The minimum Gasteiger partial charge on any atom is -0.356 e. The van der Waals surface area contributed by atoms with E-state index in [1.165, 1.54) is 24.3 Å². The zero-order chi connectivity index (χ0) is 21.2. The summed E-state index contributed by atoms with van der Waals surface area (Å²) in [4.78, 5) is 14.1. The Morgan fingerprint density at radius 3 is 2.48 bits per heavy atom. The zero-order valence-electron chi connectivity index (χ0n) is 16.9. The molecule has 0 aliphatic carbocycles. The molecule has 158 valence electrons. The number of amidine groups is 1. The molecule has 1 fully saturated rings. The third kappa shape index (κ3) is 4.77. The molecule has 2 heterocycles. The van der Waals surface area contributed by atoms with E-state index in [4.69, 9.17) is 0 Å². The molecule has 0 aromatic heterocycles. The Balaban J connectivity index is 1.68. The standard InChI is InChI=1S/C20H27FN4O3S/c1-4-13(2)22-20(26)23-17-9-11-25(12-10-17)19-14(3)18(29(27,28)24-19)15-5-7-16(21)8-6-15/h5-8,13,17H,4,9-12H2,1-3H3,(H2,22,23,26)/t13-/m1/s1. The van der Waals surface area contributed by atoms with Gasteiger partial charge in [0, 0.05) is 30.7 Å². The van der Waals surface area contributed by atoms with Gasteiger partial charge in [-0.1, -0.05) is 19.1 Å². The minimum absolute atomic E-state index is 0.0368. The third-order valence-electron chi connectivity index (χ3n) is 5.37. The number of hydrogen-bond acceptors (Lipinski definition) is 4. The molecule has 0 radical (unpaired) electrons. The van der Waals surface area contributed by atoms with E-state index in [0.29, 0.717) is 42.9 Å². The first-order chi connectivity index (χ1) is 13.7. The topological polar surface area (TPSA) is 90.9 Å². The number of halogens is 1. The number of nitrogens with zero attached hydrogens (tertiary/aromatic N) is 2. The van der Waals surface area contributed by atoms with Crippen molar-refractivity contribution in [3.63, 3.8) is 0 Å². The van der Waals surface area contributed by atoms with Crippen LogP contribution in [-0.4, -0.2) is 50.4 Å². The van der Waals surface area contributed by atoms with E-state index in [1.54, 1.807) is 6.92 Å². The van der Waals surface area contributed by atoms with Gasteiger partial charge in [-0.05, 0) is 50.8 Å². The van der Waals surface area contributed by atoms with Crippen LogP contribution < -0.4 is 10.6 Å². The molecule has 2 N–H and O–H groups in total. The highest BCUT2D eigenvalue weighted by Crippen LogP contribution is 2.34. The van der Waals surface area contributed by atoms with Crippen molar-refractivity contribution in [1.29, 1.82) is 0 Å². The van der Waals surface area contributed by atoms with Crippen molar-refractivity contribution < 1.29 is 17.6 Å². The normalized spacial score (nSPS) is 20.4. The van der Waals surface area contributed by atoms with Crippen molar-refractivity contribution in [2.45, 2.75) is 52.1 Å². The number of piperidine rings is 1. The molecule has 1 saturated heterocycles. The maximum Gasteiger partial charge on any atom is 0.315 e. The lowest BCUT2D eigenvalue weighted by atomic mass is 10.0. The van der Waals surface area contributed by atoms with Gasteiger partial charge in [-0.25, -0.2) is 9.18 Å². The molecule has 2 aliphatic heterocycles. The quantitative estimate of drug-likeness (QED) is 0.781. The van der Waals surface area contributed by atoms with E-state index < -0.39 is 15.8 Å². The molecule has 0 spiro atoms. The third-order valence-corrected chi connectivity index (χ3v) is 6.84. The SMILES string of the molecule is CC[C@@H](C)NC(=O)NC1CCN(C2=NS(=O)(=O)C(c3ccc(F)cc3)=C2C)CC1. The summed E-state index contributed by atoms with van der Waals surface area (Å²) in [7, 11) is -3.83. The number of likely N-dealkylation sites (tertiary alicyclic amines) is 1. The lowest BCUT2D eigenvalue weighted by Crippen LogP contribution is -2.50. The highest BCUT2D eigenvalue weighted by molar-refractivity contribution is 8.00. The summed E-state index contributed by atoms with van der Waals surface area (Å²) in [6, 6.07) is 5.37. The number of rotatable bonds is 4. The molecule has 2 amide bonds. The van der Waals surface area contributed by atoms with E-state index in [2.05, 4.69) is 15.0 Å². The average Bonchev–Trinajstić information content (AvgIpc) is 2.92. The first-order valence-corrected chi connectivity index (χ1v) is 11.3. The molecular formula is C20H27FN4O3S. The van der Waals surface area contributed by atoms with Crippen molar-refractivity contribution in [2.75, 3.05) is 13.1 Å². The average molecular weight is 423 g/mol. The van der Waals surface area contributed by atoms with Gasteiger partial charge in [-0.15, -0.1) is 4.40 Å².